The summed E-state index contributed by atoms with van der Waals surface area (Å²) in [5.74, 6) is -2.46. The summed E-state index contributed by atoms with van der Waals surface area (Å²) in [6, 6.07) is 20.3. The second-order valence-electron chi connectivity index (χ2n) is 10.4. The van der Waals surface area contributed by atoms with E-state index in [1.54, 1.807) is 49.4 Å². The Morgan fingerprint density at radius 2 is 1.65 bits per heavy atom. The number of para-hydroxylation sites is 1. The number of carbonyl (C=O) groups excluding carboxylic acids is 4. The number of anilines is 2. The summed E-state index contributed by atoms with van der Waals surface area (Å²) in [6.07, 6.45) is 0. The number of fused-ring (bicyclic) bond motifs is 2. The quantitative estimate of drug-likeness (QED) is 0.181. The molecule has 3 heterocycles. The van der Waals surface area contributed by atoms with Crippen molar-refractivity contribution in [1.82, 2.24) is 4.98 Å². The van der Waals surface area contributed by atoms with Gasteiger partial charge < -0.3 is 24.5 Å². The highest BCUT2D eigenvalue weighted by molar-refractivity contribution is 8.00. The molecule has 11 nitrogen and oxygen atoms in total. The standard InChI is InChI=1S/C33H29N3O8S2/c1-3-42-23-16-19(12-15-22(23)44-17-24(37)34-20-8-6-5-7-9-20)25-26-28(45-29-27(25)46-33(41)35-29)31(39)36(30(26)38)21-13-10-18(11-14-21)32(40)43-4-2/h5-16,25-26,28H,3-4,17H2,1-2H3,(H,34,37)(H,35,41)/t25-,26?,28?/m1/s1. The first-order valence-corrected chi connectivity index (χ1v) is 16.3. The predicted octanol–water partition coefficient (Wildman–Crippen LogP) is 4.83. The lowest BCUT2D eigenvalue weighted by molar-refractivity contribution is -0.122. The van der Waals surface area contributed by atoms with Crippen LogP contribution >= 0.6 is 23.1 Å². The highest BCUT2D eigenvalue weighted by atomic mass is 32.2. The number of nitrogens with zero attached hydrogens (tertiary/aromatic N) is 1. The SMILES string of the molecule is CCOC(=O)c1ccc(N2C(=O)C3Sc4[nH]c(=O)sc4[C@H](c4ccc(OCC(=O)Nc5ccccc5)c(OCC)c4)C3C2=O)cc1. The average molecular weight is 660 g/mol. The maximum atomic E-state index is 14.1. The topological polar surface area (TPSA) is 144 Å². The molecule has 2 N–H and O–H groups in total. The Kier molecular flexibility index (Phi) is 8.95. The third-order valence-electron chi connectivity index (χ3n) is 7.50. The molecule has 0 radical (unpaired) electrons. The summed E-state index contributed by atoms with van der Waals surface area (Å²) in [6.45, 7) is 3.78. The van der Waals surface area contributed by atoms with Crippen molar-refractivity contribution >= 4 is 58.2 Å². The van der Waals surface area contributed by atoms with Crippen LogP contribution in [0.3, 0.4) is 0 Å². The van der Waals surface area contributed by atoms with Crippen LogP contribution in [0.5, 0.6) is 11.5 Å². The van der Waals surface area contributed by atoms with Crippen molar-refractivity contribution < 1.29 is 33.4 Å². The van der Waals surface area contributed by atoms with Crippen LogP contribution in [0, 0.1) is 5.92 Å². The van der Waals surface area contributed by atoms with Crippen molar-refractivity contribution in [3.05, 3.63) is 98.5 Å². The van der Waals surface area contributed by atoms with E-state index in [9.17, 15) is 24.0 Å². The van der Waals surface area contributed by atoms with Gasteiger partial charge in [0.1, 0.15) is 5.25 Å². The minimum atomic E-state index is -0.820. The van der Waals surface area contributed by atoms with Gasteiger partial charge in [0.25, 0.3) is 5.91 Å². The van der Waals surface area contributed by atoms with Gasteiger partial charge in [0.15, 0.2) is 18.1 Å². The van der Waals surface area contributed by atoms with Crippen LogP contribution in [-0.4, -0.2) is 53.7 Å². The van der Waals surface area contributed by atoms with E-state index in [4.69, 9.17) is 14.2 Å². The molecule has 2 unspecified atom stereocenters. The molecule has 1 fully saturated rings. The van der Waals surface area contributed by atoms with Crippen LogP contribution in [0.2, 0.25) is 0 Å². The Morgan fingerprint density at radius 1 is 0.891 bits per heavy atom. The third-order valence-corrected chi connectivity index (χ3v) is 9.90. The van der Waals surface area contributed by atoms with Gasteiger partial charge in [0, 0.05) is 16.5 Å². The number of imide groups is 1. The molecule has 3 atom stereocenters. The smallest absolute Gasteiger partial charge is 0.338 e. The van der Waals surface area contributed by atoms with E-state index in [1.165, 1.54) is 23.9 Å². The number of amides is 3. The third kappa shape index (κ3) is 6.03. The zero-order chi connectivity index (χ0) is 32.4. The fourth-order valence-corrected chi connectivity index (χ4v) is 8.07. The van der Waals surface area contributed by atoms with Gasteiger partial charge in [-0.3, -0.25) is 19.2 Å². The maximum absolute atomic E-state index is 14.1. The maximum Gasteiger partial charge on any atom is 0.338 e. The second-order valence-corrected chi connectivity index (χ2v) is 12.5. The summed E-state index contributed by atoms with van der Waals surface area (Å²) in [5, 5.41) is 2.51. The number of thioether (sulfide) groups is 1. The lowest BCUT2D eigenvalue weighted by Gasteiger charge is -2.30. The number of ether oxygens (including phenoxy) is 3. The molecule has 236 valence electrons. The van der Waals surface area contributed by atoms with Crippen LogP contribution in [0.15, 0.2) is 82.6 Å². The molecule has 4 aromatic rings. The number of thiazole rings is 1. The first kappa shape index (κ1) is 31.1. The van der Waals surface area contributed by atoms with Gasteiger partial charge in [-0.15, -0.1) is 0 Å². The number of benzene rings is 3. The number of nitrogens with one attached hydrogen (secondary N) is 2. The second kappa shape index (κ2) is 13.2. The van der Waals surface area contributed by atoms with Crippen molar-refractivity contribution in [2.75, 3.05) is 30.0 Å². The van der Waals surface area contributed by atoms with Crippen molar-refractivity contribution in [2.45, 2.75) is 30.0 Å². The molecule has 3 amide bonds. The largest absolute Gasteiger partial charge is 0.490 e. The Bertz CT molecular complexity index is 1850. The van der Waals surface area contributed by atoms with Crippen molar-refractivity contribution in [3.63, 3.8) is 0 Å². The predicted molar refractivity (Wildman–Crippen MR) is 173 cm³/mol. The zero-order valence-electron chi connectivity index (χ0n) is 24.8. The summed E-state index contributed by atoms with van der Waals surface area (Å²) in [5.41, 5.74) is 1.93. The number of hydrogen-bond donors (Lipinski definition) is 2. The highest BCUT2D eigenvalue weighted by Gasteiger charge is 2.56. The first-order chi connectivity index (χ1) is 22.3. The highest BCUT2D eigenvalue weighted by Crippen LogP contribution is 2.53. The molecule has 1 aromatic heterocycles. The van der Waals surface area contributed by atoms with Gasteiger partial charge in [-0.2, -0.15) is 0 Å². The van der Waals surface area contributed by atoms with Gasteiger partial charge in [0.05, 0.1) is 35.4 Å². The lowest BCUT2D eigenvalue weighted by Crippen LogP contribution is -2.32. The summed E-state index contributed by atoms with van der Waals surface area (Å²) < 4.78 is 16.7. The summed E-state index contributed by atoms with van der Waals surface area (Å²) >= 11 is 2.17. The van der Waals surface area contributed by atoms with Crippen molar-refractivity contribution in [3.8, 4) is 11.5 Å². The molecule has 6 rings (SSSR count). The van der Waals surface area contributed by atoms with Gasteiger partial charge in [0.2, 0.25) is 11.8 Å². The molecular formula is C33H29N3O8S2. The van der Waals surface area contributed by atoms with Crippen LogP contribution < -0.4 is 24.6 Å². The molecule has 1 saturated heterocycles. The molecule has 46 heavy (non-hydrogen) atoms. The minimum absolute atomic E-state index is 0.222. The molecule has 2 aliphatic heterocycles. The molecule has 0 spiro atoms. The number of hydrogen-bond acceptors (Lipinski definition) is 10. The lowest BCUT2D eigenvalue weighted by atomic mass is 9.83. The van der Waals surface area contributed by atoms with Crippen LogP contribution in [0.25, 0.3) is 0 Å². The minimum Gasteiger partial charge on any atom is -0.490 e. The molecule has 13 heteroatoms. The van der Waals surface area contributed by atoms with Gasteiger partial charge in [-0.1, -0.05) is 47.4 Å². The van der Waals surface area contributed by atoms with E-state index < -0.39 is 34.9 Å². The first-order valence-electron chi connectivity index (χ1n) is 14.6. The monoisotopic (exact) mass is 659 g/mol. The molecule has 2 aliphatic rings. The molecule has 0 saturated carbocycles. The van der Waals surface area contributed by atoms with E-state index in [-0.39, 0.29) is 24.0 Å². The van der Waals surface area contributed by atoms with E-state index >= 15 is 0 Å². The van der Waals surface area contributed by atoms with Crippen LogP contribution in [0.1, 0.15) is 40.6 Å². The number of aromatic amines is 1. The van der Waals surface area contributed by atoms with Gasteiger partial charge >= 0.3 is 10.8 Å². The molecule has 0 bridgehead atoms. The Hall–Kier alpha value is -4.88. The fraction of sp³-hybridized carbons (Fsp3) is 0.242. The average Bonchev–Trinajstić information content (AvgIpc) is 3.55. The van der Waals surface area contributed by atoms with Crippen molar-refractivity contribution in [2.24, 2.45) is 5.92 Å². The van der Waals surface area contributed by atoms with E-state index in [1.807, 2.05) is 25.1 Å². The summed E-state index contributed by atoms with van der Waals surface area (Å²) in [7, 11) is 0. The van der Waals surface area contributed by atoms with E-state index in [0.29, 0.717) is 50.5 Å². The number of aromatic nitrogens is 1. The Balaban J connectivity index is 1.30. The van der Waals surface area contributed by atoms with E-state index in [0.717, 1.165) is 16.2 Å². The summed E-state index contributed by atoms with van der Waals surface area (Å²) in [4.78, 5) is 69.4. The van der Waals surface area contributed by atoms with Gasteiger partial charge in [-0.25, -0.2) is 9.69 Å². The fourth-order valence-electron chi connectivity index (χ4n) is 5.56. The Morgan fingerprint density at radius 3 is 2.37 bits per heavy atom. The number of rotatable bonds is 10. The zero-order valence-corrected chi connectivity index (χ0v) is 26.4. The number of carbonyl (C=O) groups is 4. The number of esters is 1. The van der Waals surface area contributed by atoms with Gasteiger partial charge in [-0.05, 0) is 67.9 Å². The van der Waals surface area contributed by atoms with Crippen molar-refractivity contribution in [1.29, 1.82) is 0 Å². The molecule has 3 aromatic carbocycles. The van der Waals surface area contributed by atoms with Crippen LogP contribution in [-0.2, 0) is 19.1 Å². The number of H-pyrrole nitrogens is 1. The molecular weight excluding hydrogens is 631 g/mol. The molecule has 0 aliphatic carbocycles. The Labute approximate surface area is 271 Å². The van der Waals surface area contributed by atoms with Crippen LogP contribution in [0.4, 0.5) is 11.4 Å². The normalized spacial score (nSPS) is 18.5. The van der Waals surface area contributed by atoms with E-state index in [2.05, 4.69) is 10.3 Å².